The van der Waals surface area contributed by atoms with Gasteiger partial charge in [-0.3, -0.25) is 0 Å². The second-order valence-corrected chi connectivity index (χ2v) is 13.7. The van der Waals surface area contributed by atoms with Crippen LogP contribution in [-0.4, -0.2) is 113 Å². The number of carbonyl (C=O) groups excluding carboxylic acids is 1. The van der Waals surface area contributed by atoms with Gasteiger partial charge in [-0.25, -0.2) is 33.5 Å². The van der Waals surface area contributed by atoms with Crippen LogP contribution in [0.3, 0.4) is 0 Å². The molecule has 6 aromatic rings. The summed E-state index contributed by atoms with van der Waals surface area (Å²) in [4.78, 5) is 36.7. The molecule has 1 amide bonds. The number of nitrogens with zero attached hydrogens (tertiary/aromatic N) is 7. The molecule has 1 atom stereocenters. The van der Waals surface area contributed by atoms with E-state index in [1.165, 1.54) is 24.3 Å². The van der Waals surface area contributed by atoms with Gasteiger partial charge in [-0.15, -0.1) is 0 Å². The van der Waals surface area contributed by atoms with E-state index in [1.54, 1.807) is 59.5 Å². The van der Waals surface area contributed by atoms with Crippen LogP contribution in [0.25, 0.3) is 44.6 Å². The Kier molecular flexibility index (Phi) is 10.7. The van der Waals surface area contributed by atoms with Crippen molar-refractivity contribution in [1.82, 2.24) is 30.2 Å². The van der Waals surface area contributed by atoms with Crippen LogP contribution in [0.5, 0.6) is 11.5 Å². The Hall–Kier alpha value is -6.19. The molecule has 3 saturated heterocycles. The van der Waals surface area contributed by atoms with Crippen molar-refractivity contribution in [1.29, 1.82) is 0 Å². The lowest BCUT2D eigenvalue weighted by atomic mass is 10.1. The highest BCUT2D eigenvalue weighted by molar-refractivity contribution is 5.92. The first-order valence-corrected chi connectivity index (χ1v) is 18.6. The fourth-order valence-corrected chi connectivity index (χ4v) is 7.02. The first-order valence-electron chi connectivity index (χ1n) is 18.6. The Bertz CT molecular complexity index is 2370. The van der Waals surface area contributed by atoms with Gasteiger partial charge < -0.3 is 39.7 Å². The number of piperazine rings is 2. The summed E-state index contributed by atoms with van der Waals surface area (Å²) in [5, 5.41) is 25.0. The largest absolute Gasteiger partial charge is 0.507 e. The SMILES string of the molecule is O=C(O[C@@H]1CCOC1)N1CCN(c2nc(-c3ccccc3O)nc3ccc(F)cc23)CC1.Oc1ccccc1-c1nc(N2CCNCC2)c2cc(F)ccc2n1. The lowest BCUT2D eigenvalue weighted by molar-refractivity contribution is 0.0534. The Morgan fingerprint density at radius 2 is 1.21 bits per heavy atom. The van der Waals surface area contributed by atoms with Crippen molar-refractivity contribution in [3.8, 4) is 34.3 Å². The number of hydrogen-bond donors (Lipinski definition) is 3. The number of ether oxygens (including phenoxy) is 2. The third-order valence-electron chi connectivity index (χ3n) is 9.97. The Morgan fingerprint density at radius 3 is 1.71 bits per heavy atom. The molecule has 56 heavy (non-hydrogen) atoms. The molecule has 0 unspecified atom stereocenters. The van der Waals surface area contributed by atoms with Gasteiger partial charge in [-0.1, -0.05) is 24.3 Å². The molecule has 0 radical (unpaired) electrons. The van der Waals surface area contributed by atoms with Crippen LogP contribution in [0.2, 0.25) is 0 Å². The molecule has 3 N–H and O–H groups in total. The first-order chi connectivity index (χ1) is 27.3. The quantitative estimate of drug-likeness (QED) is 0.197. The van der Waals surface area contributed by atoms with Crippen LogP contribution < -0.4 is 15.1 Å². The molecule has 0 saturated carbocycles. The number of phenolic OH excluding ortho intramolecular Hbond substituents is 2. The molecule has 9 rings (SSSR count). The summed E-state index contributed by atoms with van der Waals surface area (Å²) in [6, 6.07) is 22.7. The molecule has 3 aliphatic heterocycles. The third-order valence-corrected chi connectivity index (χ3v) is 9.97. The molecule has 2 aromatic heterocycles. The van der Waals surface area contributed by atoms with Gasteiger partial charge in [0, 0.05) is 69.6 Å². The van der Waals surface area contributed by atoms with E-state index in [2.05, 4.69) is 30.2 Å². The number of hydrogen-bond acceptors (Lipinski definition) is 12. The van der Waals surface area contributed by atoms with Gasteiger partial charge in [-0.05, 0) is 60.7 Å². The van der Waals surface area contributed by atoms with Crippen LogP contribution in [0.1, 0.15) is 6.42 Å². The second-order valence-electron chi connectivity index (χ2n) is 13.7. The van der Waals surface area contributed by atoms with Gasteiger partial charge in [0.1, 0.15) is 40.9 Å². The number of anilines is 2. The van der Waals surface area contributed by atoms with E-state index >= 15 is 0 Å². The average Bonchev–Trinajstić information content (AvgIpc) is 3.74. The van der Waals surface area contributed by atoms with Crippen molar-refractivity contribution in [3.05, 3.63) is 96.6 Å². The van der Waals surface area contributed by atoms with Gasteiger partial charge >= 0.3 is 6.09 Å². The van der Waals surface area contributed by atoms with E-state index in [1.807, 2.05) is 11.0 Å². The Labute approximate surface area is 321 Å². The van der Waals surface area contributed by atoms with E-state index in [0.29, 0.717) is 95.6 Å². The lowest BCUT2D eigenvalue weighted by Crippen LogP contribution is -2.49. The molecule has 13 nitrogen and oxygen atoms in total. The van der Waals surface area contributed by atoms with E-state index in [0.717, 1.165) is 32.6 Å². The minimum atomic E-state index is -0.376. The molecule has 0 spiro atoms. The number of halogens is 2. The molecule has 3 fully saturated rings. The van der Waals surface area contributed by atoms with Crippen LogP contribution in [-0.2, 0) is 9.47 Å². The van der Waals surface area contributed by atoms with Gasteiger partial charge in [0.05, 0.1) is 35.4 Å². The molecule has 5 heterocycles. The third kappa shape index (κ3) is 7.95. The van der Waals surface area contributed by atoms with Gasteiger partial charge in [-0.2, -0.15) is 0 Å². The highest BCUT2D eigenvalue weighted by Crippen LogP contribution is 2.34. The maximum Gasteiger partial charge on any atom is 0.410 e. The summed E-state index contributed by atoms with van der Waals surface area (Å²) in [6.45, 7) is 6.29. The highest BCUT2D eigenvalue weighted by atomic mass is 19.1. The monoisotopic (exact) mass is 762 g/mol. The second kappa shape index (κ2) is 16.3. The number of rotatable bonds is 5. The van der Waals surface area contributed by atoms with Crippen molar-refractivity contribution >= 4 is 39.5 Å². The number of phenols is 2. The average molecular weight is 763 g/mol. The maximum absolute atomic E-state index is 14.0. The van der Waals surface area contributed by atoms with Crippen LogP contribution >= 0.6 is 0 Å². The number of aromatic hydroxyl groups is 2. The molecule has 288 valence electrons. The van der Waals surface area contributed by atoms with Crippen molar-refractivity contribution in [2.75, 3.05) is 75.4 Å². The Balaban J connectivity index is 0.000000164. The van der Waals surface area contributed by atoms with Crippen molar-refractivity contribution in [2.24, 2.45) is 0 Å². The summed E-state index contributed by atoms with van der Waals surface area (Å²) in [7, 11) is 0. The topological polar surface area (TPSA) is 149 Å². The summed E-state index contributed by atoms with van der Waals surface area (Å²) in [5.74, 6) is 1.61. The number of amides is 1. The van der Waals surface area contributed by atoms with E-state index < -0.39 is 0 Å². The van der Waals surface area contributed by atoms with E-state index in [-0.39, 0.29) is 35.3 Å². The molecular weight excluding hydrogens is 722 g/mol. The minimum absolute atomic E-state index is 0.0726. The van der Waals surface area contributed by atoms with Gasteiger partial charge in [0.15, 0.2) is 11.6 Å². The number of benzene rings is 4. The normalized spacial score (nSPS) is 17.2. The van der Waals surface area contributed by atoms with Crippen LogP contribution in [0, 0.1) is 11.6 Å². The van der Waals surface area contributed by atoms with Crippen LogP contribution in [0.15, 0.2) is 84.9 Å². The predicted octanol–water partition coefficient (Wildman–Crippen LogP) is 5.74. The number of carbonyl (C=O) groups is 1. The van der Waals surface area contributed by atoms with Crippen molar-refractivity contribution in [3.63, 3.8) is 0 Å². The zero-order valence-corrected chi connectivity index (χ0v) is 30.4. The molecule has 3 aliphatic rings. The molecule has 0 aliphatic carbocycles. The highest BCUT2D eigenvalue weighted by Gasteiger charge is 2.28. The molecule has 0 bridgehead atoms. The molecule has 15 heteroatoms. The zero-order valence-electron chi connectivity index (χ0n) is 30.4. The smallest absolute Gasteiger partial charge is 0.410 e. The number of fused-ring (bicyclic) bond motifs is 2. The summed E-state index contributed by atoms with van der Waals surface area (Å²) >= 11 is 0. The number of para-hydroxylation sites is 2. The fraction of sp³-hybridized carbons (Fsp3) is 0.293. The number of aromatic nitrogens is 4. The first kappa shape index (κ1) is 36.8. The lowest BCUT2D eigenvalue weighted by Gasteiger charge is -2.35. The maximum atomic E-state index is 14.0. The van der Waals surface area contributed by atoms with Gasteiger partial charge in [0.25, 0.3) is 0 Å². The van der Waals surface area contributed by atoms with Crippen molar-refractivity contribution < 1.29 is 33.3 Å². The summed E-state index contributed by atoms with van der Waals surface area (Å²) < 4.78 is 38.6. The fourth-order valence-electron chi connectivity index (χ4n) is 7.02. The molecule has 4 aromatic carbocycles. The molecular formula is C41H40F2N8O5. The standard InChI is InChI=1S/C23H23FN4O4.C18H17FN4O/c24-15-5-6-19-18(13-15)22(26-21(25-19)17-3-1-2-4-20(17)29)27-8-10-28(11-9-27)23(30)32-16-7-12-31-14-16;19-12-5-6-15-14(11-12)18(23-9-7-20-8-10-23)22-17(21-15)13-3-1-2-4-16(13)24/h1-6,13,16,29H,7-12,14H2;1-6,11,20,24H,7-10H2/t16-;/m1./s1. The summed E-state index contributed by atoms with van der Waals surface area (Å²) in [6.07, 6.45) is 0.198. The number of nitrogens with one attached hydrogen (secondary N) is 1. The minimum Gasteiger partial charge on any atom is -0.507 e. The predicted molar refractivity (Wildman–Crippen MR) is 208 cm³/mol. The Morgan fingerprint density at radius 1 is 0.696 bits per heavy atom. The van der Waals surface area contributed by atoms with Crippen LogP contribution in [0.4, 0.5) is 25.2 Å². The zero-order chi connectivity index (χ0) is 38.6. The summed E-state index contributed by atoms with van der Waals surface area (Å²) in [5.41, 5.74) is 2.32. The van der Waals surface area contributed by atoms with E-state index in [9.17, 15) is 23.8 Å². The van der Waals surface area contributed by atoms with E-state index in [4.69, 9.17) is 9.47 Å². The van der Waals surface area contributed by atoms with Gasteiger partial charge in [0.2, 0.25) is 0 Å². The van der Waals surface area contributed by atoms with Crippen molar-refractivity contribution in [2.45, 2.75) is 12.5 Å².